The van der Waals surface area contributed by atoms with Crippen molar-refractivity contribution in [3.8, 4) is 11.4 Å². The summed E-state index contributed by atoms with van der Waals surface area (Å²) in [5.74, 6) is 1.64. The normalized spacial score (nSPS) is 16.7. The third-order valence-electron chi connectivity index (χ3n) is 4.54. The number of pyridine rings is 1. The molecule has 1 N–H and O–H groups in total. The molecule has 1 saturated heterocycles. The van der Waals surface area contributed by atoms with Gasteiger partial charge in [0.05, 0.1) is 0 Å². The van der Waals surface area contributed by atoms with Crippen molar-refractivity contribution >= 4 is 11.7 Å². The molecule has 0 saturated carbocycles. The van der Waals surface area contributed by atoms with Gasteiger partial charge < -0.3 is 14.7 Å². The maximum Gasteiger partial charge on any atom is 0.254 e. The fourth-order valence-electron chi connectivity index (χ4n) is 3.21. The SMILES string of the molecule is CNc1cc(C(=O)N2CCCC2c2nc(-c3ccccc3)no2)ccn1. The number of nitrogens with one attached hydrogen (secondary N) is 1. The summed E-state index contributed by atoms with van der Waals surface area (Å²) in [5.41, 5.74) is 1.49. The lowest BCUT2D eigenvalue weighted by Gasteiger charge is -2.22. The molecule has 1 fully saturated rings. The fraction of sp³-hybridized carbons (Fsp3) is 0.263. The molecule has 26 heavy (non-hydrogen) atoms. The second-order valence-corrected chi connectivity index (χ2v) is 6.16. The molecule has 7 heteroatoms. The Bertz CT molecular complexity index is 909. The zero-order chi connectivity index (χ0) is 17.9. The Hall–Kier alpha value is -3.22. The molecular formula is C19H19N5O2. The van der Waals surface area contributed by atoms with Gasteiger partial charge in [0, 0.05) is 30.9 Å². The van der Waals surface area contributed by atoms with Gasteiger partial charge in [0.25, 0.3) is 5.91 Å². The van der Waals surface area contributed by atoms with Gasteiger partial charge in [0.1, 0.15) is 11.9 Å². The maximum absolute atomic E-state index is 13.0. The Balaban J connectivity index is 1.59. The van der Waals surface area contributed by atoms with Crippen molar-refractivity contribution in [3.05, 3.63) is 60.1 Å². The minimum Gasteiger partial charge on any atom is -0.373 e. The van der Waals surface area contributed by atoms with Gasteiger partial charge in [-0.2, -0.15) is 4.98 Å². The van der Waals surface area contributed by atoms with Crippen LogP contribution in [0.2, 0.25) is 0 Å². The predicted octanol–water partition coefficient (Wildman–Crippen LogP) is 3.15. The molecule has 0 aliphatic carbocycles. The minimum atomic E-state index is -0.196. The highest BCUT2D eigenvalue weighted by molar-refractivity contribution is 5.95. The van der Waals surface area contributed by atoms with E-state index in [0.717, 1.165) is 18.4 Å². The third kappa shape index (κ3) is 3.03. The molecule has 1 aromatic carbocycles. The second kappa shape index (κ2) is 6.95. The molecule has 3 heterocycles. The highest BCUT2D eigenvalue weighted by atomic mass is 16.5. The highest BCUT2D eigenvalue weighted by Gasteiger charge is 2.34. The molecule has 132 valence electrons. The Kier molecular flexibility index (Phi) is 4.35. The van der Waals surface area contributed by atoms with Crippen molar-refractivity contribution in [1.29, 1.82) is 0 Å². The number of amides is 1. The molecule has 1 atom stereocenters. The monoisotopic (exact) mass is 349 g/mol. The van der Waals surface area contributed by atoms with E-state index < -0.39 is 0 Å². The summed E-state index contributed by atoms with van der Waals surface area (Å²) in [7, 11) is 1.78. The summed E-state index contributed by atoms with van der Waals surface area (Å²) >= 11 is 0. The topological polar surface area (TPSA) is 84.2 Å². The number of benzene rings is 1. The number of aromatic nitrogens is 3. The van der Waals surface area contributed by atoms with Crippen LogP contribution in [-0.2, 0) is 0 Å². The number of carbonyl (C=O) groups excluding carboxylic acids is 1. The molecule has 0 radical (unpaired) electrons. The Morgan fingerprint density at radius 2 is 2.12 bits per heavy atom. The van der Waals surface area contributed by atoms with Gasteiger partial charge in [-0.3, -0.25) is 4.79 Å². The van der Waals surface area contributed by atoms with Crippen molar-refractivity contribution < 1.29 is 9.32 Å². The van der Waals surface area contributed by atoms with Crippen LogP contribution in [0.1, 0.15) is 35.1 Å². The number of rotatable bonds is 4. The van der Waals surface area contributed by atoms with E-state index in [2.05, 4.69) is 20.4 Å². The van der Waals surface area contributed by atoms with Crippen LogP contribution in [0.4, 0.5) is 5.82 Å². The van der Waals surface area contributed by atoms with Gasteiger partial charge >= 0.3 is 0 Å². The van der Waals surface area contributed by atoms with E-state index in [-0.39, 0.29) is 11.9 Å². The number of carbonyl (C=O) groups is 1. The predicted molar refractivity (Wildman–Crippen MR) is 96.5 cm³/mol. The summed E-state index contributed by atoms with van der Waals surface area (Å²) < 4.78 is 5.48. The molecule has 1 aliphatic rings. The first-order valence-electron chi connectivity index (χ1n) is 8.60. The van der Waals surface area contributed by atoms with Gasteiger partial charge in [0.2, 0.25) is 11.7 Å². The lowest BCUT2D eigenvalue weighted by Crippen LogP contribution is -2.30. The van der Waals surface area contributed by atoms with Crippen molar-refractivity contribution in [2.75, 3.05) is 18.9 Å². The first kappa shape index (κ1) is 16.3. The van der Waals surface area contributed by atoms with Crippen LogP contribution in [0, 0.1) is 0 Å². The fourth-order valence-corrected chi connectivity index (χ4v) is 3.21. The van der Waals surface area contributed by atoms with Crippen LogP contribution in [0.3, 0.4) is 0 Å². The number of nitrogens with zero attached hydrogens (tertiary/aromatic N) is 4. The molecule has 1 amide bonds. The number of hydrogen-bond acceptors (Lipinski definition) is 6. The average Bonchev–Trinajstić information content (AvgIpc) is 3.37. The van der Waals surface area contributed by atoms with E-state index in [0.29, 0.717) is 29.6 Å². The summed E-state index contributed by atoms with van der Waals surface area (Å²) in [6.45, 7) is 0.670. The average molecular weight is 349 g/mol. The van der Waals surface area contributed by atoms with Crippen LogP contribution in [0.25, 0.3) is 11.4 Å². The van der Waals surface area contributed by atoms with Crippen LogP contribution >= 0.6 is 0 Å². The number of hydrogen-bond donors (Lipinski definition) is 1. The minimum absolute atomic E-state index is 0.0501. The summed E-state index contributed by atoms with van der Waals surface area (Å²) in [6, 6.07) is 12.9. The smallest absolute Gasteiger partial charge is 0.254 e. The van der Waals surface area contributed by atoms with E-state index in [9.17, 15) is 4.79 Å². The van der Waals surface area contributed by atoms with Gasteiger partial charge in [-0.15, -0.1) is 0 Å². The molecule has 0 bridgehead atoms. The Morgan fingerprint density at radius 1 is 1.27 bits per heavy atom. The van der Waals surface area contributed by atoms with E-state index in [1.165, 1.54) is 0 Å². The third-order valence-corrected chi connectivity index (χ3v) is 4.54. The summed E-state index contributed by atoms with van der Waals surface area (Å²) in [4.78, 5) is 23.4. The lowest BCUT2D eigenvalue weighted by atomic mass is 10.2. The largest absolute Gasteiger partial charge is 0.373 e. The molecule has 7 nitrogen and oxygen atoms in total. The molecule has 3 aromatic rings. The van der Waals surface area contributed by atoms with Crippen LogP contribution in [-0.4, -0.2) is 39.5 Å². The van der Waals surface area contributed by atoms with Crippen molar-refractivity contribution in [3.63, 3.8) is 0 Å². The number of likely N-dealkylation sites (tertiary alicyclic amines) is 1. The first-order chi connectivity index (χ1) is 12.8. The second-order valence-electron chi connectivity index (χ2n) is 6.16. The number of anilines is 1. The molecule has 4 rings (SSSR count). The Morgan fingerprint density at radius 3 is 2.92 bits per heavy atom. The maximum atomic E-state index is 13.0. The zero-order valence-electron chi connectivity index (χ0n) is 14.4. The van der Waals surface area contributed by atoms with Crippen LogP contribution in [0.15, 0.2) is 53.2 Å². The van der Waals surface area contributed by atoms with E-state index >= 15 is 0 Å². The lowest BCUT2D eigenvalue weighted by molar-refractivity contribution is 0.0710. The molecule has 1 aliphatic heterocycles. The molecular weight excluding hydrogens is 330 g/mol. The zero-order valence-corrected chi connectivity index (χ0v) is 14.4. The quantitative estimate of drug-likeness (QED) is 0.779. The van der Waals surface area contributed by atoms with Gasteiger partial charge in [-0.25, -0.2) is 4.98 Å². The van der Waals surface area contributed by atoms with Crippen molar-refractivity contribution in [1.82, 2.24) is 20.0 Å². The van der Waals surface area contributed by atoms with Gasteiger partial charge in [0.15, 0.2) is 0 Å². The standard InChI is InChI=1S/C19H19N5O2/c1-20-16-12-14(9-10-21-16)19(25)24-11-5-8-15(24)18-22-17(23-26-18)13-6-3-2-4-7-13/h2-4,6-7,9-10,12,15H,5,8,11H2,1H3,(H,20,21). The van der Waals surface area contributed by atoms with Gasteiger partial charge in [-0.1, -0.05) is 35.5 Å². The van der Waals surface area contributed by atoms with Crippen molar-refractivity contribution in [2.24, 2.45) is 0 Å². The van der Waals surface area contributed by atoms with E-state index in [4.69, 9.17) is 4.52 Å². The van der Waals surface area contributed by atoms with Gasteiger partial charge in [-0.05, 0) is 25.0 Å². The summed E-state index contributed by atoms with van der Waals surface area (Å²) in [6.07, 6.45) is 3.35. The molecule has 0 spiro atoms. The van der Waals surface area contributed by atoms with E-state index in [1.54, 1.807) is 30.3 Å². The van der Waals surface area contributed by atoms with E-state index in [1.807, 2.05) is 30.3 Å². The van der Waals surface area contributed by atoms with Crippen LogP contribution < -0.4 is 5.32 Å². The first-order valence-corrected chi connectivity index (χ1v) is 8.60. The van der Waals surface area contributed by atoms with Crippen molar-refractivity contribution in [2.45, 2.75) is 18.9 Å². The summed E-state index contributed by atoms with van der Waals surface area (Å²) in [5, 5.41) is 7.04. The molecule has 2 aromatic heterocycles. The highest BCUT2D eigenvalue weighted by Crippen LogP contribution is 2.33. The van der Waals surface area contributed by atoms with Crippen LogP contribution in [0.5, 0.6) is 0 Å². The molecule has 1 unspecified atom stereocenters. The Labute approximate surface area is 151 Å².